The number of benzene rings is 1. The summed E-state index contributed by atoms with van der Waals surface area (Å²) in [5.74, 6) is 0.253. The van der Waals surface area contributed by atoms with Gasteiger partial charge in [-0.3, -0.25) is 4.79 Å². The van der Waals surface area contributed by atoms with Crippen molar-refractivity contribution in [3.63, 3.8) is 0 Å². The number of hydrogen-bond acceptors (Lipinski definition) is 3. The smallest absolute Gasteiger partial charge is 0.237 e. The molecule has 2 rings (SSSR count). The minimum absolute atomic E-state index is 0. The standard InChI is InChI=1S/C19H31N3O.ClH/c1-3-15(2)18(20)19(23)21-17-10-13-22(14-11-17)12-9-16-7-5-4-6-8-16;/h4-8,15,17-18H,3,9-14,20H2,1-2H3,(H,21,23);1H. The molecule has 1 heterocycles. The first kappa shape index (κ1) is 20.9. The highest BCUT2D eigenvalue weighted by molar-refractivity contribution is 5.85. The van der Waals surface area contributed by atoms with E-state index in [1.165, 1.54) is 5.56 Å². The fraction of sp³-hybridized carbons (Fsp3) is 0.632. The average molecular weight is 354 g/mol. The zero-order valence-corrected chi connectivity index (χ0v) is 15.7. The maximum Gasteiger partial charge on any atom is 0.237 e. The van der Waals surface area contributed by atoms with E-state index in [4.69, 9.17) is 5.73 Å². The number of likely N-dealkylation sites (tertiary alicyclic amines) is 1. The molecule has 0 aromatic heterocycles. The third-order valence-electron chi connectivity index (χ3n) is 5.05. The molecule has 0 saturated carbocycles. The van der Waals surface area contributed by atoms with Gasteiger partial charge < -0.3 is 16.0 Å². The SMILES string of the molecule is CCC(C)C(N)C(=O)NC1CCN(CCc2ccccc2)CC1.Cl. The van der Waals surface area contributed by atoms with Crippen LogP contribution in [0, 0.1) is 5.92 Å². The van der Waals surface area contributed by atoms with Gasteiger partial charge in [0.1, 0.15) is 0 Å². The van der Waals surface area contributed by atoms with Crippen molar-refractivity contribution in [3.05, 3.63) is 35.9 Å². The van der Waals surface area contributed by atoms with Crippen LogP contribution >= 0.6 is 12.4 Å². The average Bonchev–Trinajstić information content (AvgIpc) is 2.60. The molecule has 3 N–H and O–H groups in total. The number of hydrogen-bond donors (Lipinski definition) is 2. The molecule has 0 aliphatic carbocycles. The maximum atomic E-state index is 12.2. The Morgan fingerprint density at radius 1 is 1.29 bits per heavy atom. The van der Waals surface area contributed by atoms with Crippen LogP contribution in [0.25, 0.3) is 0 Å². The Morgan fingerprint density at radius 2 is 1.92 bits per heavy atom. The molecular formula is C19H32ClN3O. The van der Waals surface area contributed by atoms with Crippen molar-refractivity contribution >= 4 is 18.3 Å². The Hall–Kier alpha value is -1.10. The van der Waals surface area contributed by atoms with Crippen molar-refractivity contribution in [2.75, 3.05) is 19.6 Å². The Kier molecular flexibility index (Phi) is 9.34. The predicted molar refractivity (Wildman–Crippen MR) is 102 cm³/mol. The number of halogens is 1. The normalized spacial score (nSPS) is 18.5. The molecule has 0 radical (unpaired) electrons. The molecule has 24 heavy (non-hydrogen) atoms. The molecule has 136 valence electrons. The van der Waals surface area contributed by atoms with Crippen LogP contribution in [0.15, 0.2) is 30.3 Å². The van der Waals surface area contributed by atoms with Crippen molar-refractivity contribution in [1.82, 2.24) is 10.2 Å². The Labute approximate surface area is 152 Å². The number of nitrogens with two attached hydrogens (primary N) is 1. The highest BCUT2D eigenvalue weighted by atomic mass is 35.5. The molecule has 1 saturated heterocycles. The molecule has 2 atom stereocenters. The van der Waals surface area contributed by atoms with Crippen LogP contribution in [-0.4, -0.2) is 42.5 Å². The van der Waals surface area contributed by atoms with Crippen LogP contribution < -0.4 is 11.1 Å². The van der Waals surface area contributed by atoms with E-state index >= 15 is 0 Å². The molecule has 0 spiro atoms. The van der Waals surface area contributed by atoms with Gasteiger partial charge in [0.25, 0.3) is 0 Å². The molecule has 1 aromatic carbocycles. The highest BCUT2D eigenvalue weighted by Gasteiger charge is 2.24. The number of carbonyl (C=O) groups is 1. The third-order valence-corrected chi connectivity index (χ3v) is 5.05. The first-order chi connectivity index (χ1) is 11.1. The first-order valence-corrected chi connectivity index (χ1v) is 8.92. The van der Waals surface area contributed by atoms with E-state index in [1.54, 1.807) is 0 Å². The van der Waals surface area contributed by atoms with E-state index in [1.807, 2.05) is 6.92 Å². The van der Waals surface area contributed by atoms with Crippen LogP contribution in [0.1, 0.15) is 38.7 Å². The fourth-order valence-electron chi connectivity index (χ4n) is 3.04. The van der Waals surface area contributed by atoms with Gasteiger partial charge in [0, 0.05) is 25.7 Å². The predicted octanol–water partition coefficient (Wildman–Crippen LogP) is 2.60. The third kappa shape index (κ3) is 6.42. The summed E-state index contributed by atoms with van der Waals surface area (Å²) < 4.78 is 0. The summed E-state index contributed by atoms with van der Waals surface area (Å²) in [6.45, 7) is 7.31. The zero-order valence-electron chi connectivity index (χ0n) is 14.9. The van der Waals surface area contributed by atoms with Crippen LogP contribution in [0.3, 0.4) is 0 Å². The number of carbonyl (C=O) groups excluding carboxylic acids is 1. The summed E-state index contributed by atoms with van der Waals surface area (Å²) in [6.07, 6.45) is 4.07. The second-order valence-corrected chi connectivity index (χ2v) is 6.77. The molecule has 4 nitrogen and oxygen atoms in total. The number of rotatable bonds is 7. The molecule has 5 heteroatoms. The first-order valence-electron chi connectivity index (χ1n) is 8.92. The number of nitrogens with one attached hydrogen (secondary N) is 1. The zero-order chi connectivity index (χ0) is 16.7. The van der Waals surface area contributed by atoms with E-state index in [0.717, 1.165) is 45.3 Å². The summed E-state index contributed by atoms with van der Waals surface area (Å²) in [7, 11) is 0. The summed E-state index contributed by atoms with van der Waals surface area (Å²) in [5, 5.41) is 3.14. The van der Waals surface area contributed by atoms with Gasteiger partial charge in [0.15, 0.2) is 0 Å². The fourth-order valence-corrected chi connectivity index (χ4v) is 3.04. The molecule has 1 aromatic rings. The lowest BCUT2D eigenvalue weighted by Gasteiger charge is -2.33. The largest absolute Gasteiger partial charge is 0.352 e. The van der Waals surface area contributed by atoms with Crippen LogP contribution in [0.2, 0.25) is 0 Å². The van der Waals surface area contributed by atoms with Gasteiger partial charge in [-0.05, 0) is 30.7 Å². The van der Waals surface area contributed by atoms with E-state index in [9.17, 15) is 4.79 Å². The molecule has 2 unspecified atom stereocenters. The second-order valence-electron chi connectivity index (χ2n) is 6.77. The van der Waals surface area contributed by atoms with Crippen LogP contribution in [0.4, 0.5) is 0 Å². The van der Waals surface area contributed by atoms with E-state index < -0.39 is 0 Å². The van der Waals surface area contributed by atoms with Gasteiger partial charge in [-0.2, -0.15) is 0 Å². The summed E-state index contributed by atoms with van der Waals surface area (Å²) >= 11 is 0. The van der Waals surface area contributed by atoms with Gasteiger partial charge in [-0.25, -0.2) is 0 Å². The summed E-state index contributed by atoms with van der Waals surface area (Å²) in [4.78, 5) is 14.6. The quantitative estimate of drug-likeness (QED) is 0.792. The summed E-state index contributed by atoms with van der Waals surface area (Å²) in [6, 6.07) is 10.5. The number of nitrogens with zero attached hydrogens (tertiary/aromatic N) is 1. The molecular weight excluding hydrogens is 322 g/mol. The van der Waals surface area contributed by atoms with Gasteiger partial charge in [0.05, 0.1) is 6.04 Å². The lowest BCUT2D eigenvalue weighted by atomic mass is 9.98. The molecule has 1 aliphatic heterocycles. The maximum absolute atomic E-state index is 12.2. The highest BCUT2D eigenvalue weighted by Crippen LogP contribution is 2.13. The topological polar surface area (TPSA) is 58.4 Å². The van der Waals surface area contributed by atoms with Crippen molar-refractivity contribution in [2.24, 2.45) is 11.7 Å². The second kappa shape index (κ2) is 10.7. The Bertz CT molecular complexity index is 475. The van der Waals surface area contributed by atoms with E-state index in [0.29, 0.717) is 0 Å². The molecule has 1 aliphatic rings. The van der Waals surface area contributed by atoms with Gasteiger partial charge in [-0.15, -0.1) is 12.4 Å². The molecule has 1 fully saturated rings. The Morgan fingerprint density at radius 3 is 2.50 bits per heavy atom. The van der Waals surface area contributed by atoms with Gasteiger partial charge >= 0.3 is 0 Å². The molecule has 0 bridgehead atoms. The van der Waals surface area contributed by atoms with E-state index in [-0.39, 0.29) is 36.3 Å². The van der Waals surface area contributed by atoms with Crippen molar-refractivity contribution < 1.29 is 4.79 Å². The van der Waals surface area contributed by atoms with Crippen LogP contribution in [-0.2, 0) is 11.2 Å². The van der Waals surface area contributed by atoms with Crippen molar-refractivity contribution in [2.45, 2.75) is 51.6 Å². The Balaban J connectivity index is 0.00000288. The monoisotopic (exact) mass is 353 g/mol. The minimum Gasteiger partial charge on any atom is -0.352 e. The molecule has 1 amide bonds. The summed E-state index contributed by atoms with van der Waals surface area (Å²) in [5.41, 5.74) is 7.40. The van der Waals surface area contributed by atoms with Crippen LogP contribution in [0.5, 0.6) is 0 Å². The lowest BCUT2D eigenvalue weighted by Crippen LogP contribution is -2.51. The van der Waals surface area contributed by atoms with Crippen molar-refractivity contribution in [3.8, 4) is 0 Å². The number of piperidine rings is 1. The lowest BCUT2D eigenvalue weighted by molar-refractivity contribution is -0.124. The van der Waals surface area contributed by atoms with E-state index in [2.05, 4.69) is 47.5 Å². The van der Waals surface area contributed by atoms with Crippen molar-refractivity contribution in [1.29, 1.82) is 0 Å². The van der Waals surface area contributed by atoms with Gasteiger partial charge in [0.2, 0.25) is 5.91 Å². The number of amides is 1. The van der Waals surface area contributed by atoms with Gasteiger partial charge in [-0.1, -0.05) is 50.6 Å². The minimum atomic E-state index is -0.379.